The third-order valence-corrected chi connectivity index (χ3v) is 4.40. The van der Waals surface area contributed by atoms with Gasteiger partial charge in [0.25, 0.3) is 0 Å². The standard InChI is InChI=1S/C13H12N2S2/c1-2-9-5-7-17-13(9)12(15)10(8-14)11-4-3-6-16-11/h3-7H,2,15H2,1H3/b12-10+. The largest absolute Gasteiger partial charge is 0.396 e. The Bertz CT molecular complexity index is 571. The van der Waals surface area contributed by atoms with Gasteiger partial charge >= 0.3 is 0 Å². The van der Waals surface area contributed by atoms with Gasteiger partial charge in [0.1, 0.15) is 6.07 Å². The van der Waals surface area contributed by atoms with Gasteiger partial charge < -0.3 is 5.73 Å². The molecule has 17 heavy (non-hydrogen) atoms. The van der Waals surface area contributed by atoms with E-state index in [0.717, 1.165) is 16.2 Å². The molecule has 0 atom stereocenters. The molecule has 0 saturated heterocycles. The minimum absolute atomic E-state index is 0.581. The van der Waals surface area contributed by atoms with Gasteiger partial charge in [-0.3, -0.25) is 0 Å². The van der Waals surface area contributed by atoms with Crippen molar-refractivity contribution in [2.45, 2.75) is 13.3 Å². The molecule has 0 unspecified atom stereocenters. The third-order valence-electron chi connectivity index (χ3n) is 2.52. The van der Waals surface area contributed by atoms with Gasteiger partial charge in [-0.25, -0.2) is 0 Å². The van der Waals surface area contributed by atoms with E-state index in [1.165, 1.54) is 16.9 Å². The Morgan fingerprint density at radius 1 is 1.35 bits per heavy atom. The number of hydrogen-bond acceptors (Lipinski definition) is 4. The zero-order valence-electron chi connectivity index (χ0n) is 9.43. The van der Waals surface area contributed by atoms with Gasteiger partial charge in [0, 0.05) is 4.88 Å². The summed E-state index contributed by atoms with van der Waals surface area (Å²) in [5.41, 5.74) is 8.52. The number of allylic oxidation sites excluding steroid dienone is 1. The Morgan fingerprint density at radius 3 is 2.76 bits per heavy atom. The Labute approximate surface area is 109 Å². The molecule has 0 aromatic carbocycles. The zero-order chi connectivity index (χ0) is 12.3. The van der Waals surface area contributed by atoms with Crippen LogP contribution in [-0.2, 0) is 6.42 Å². The molecule has 0 aliphatic carbocycles. The second-order valence-corrected chi connectivity index (χ2v) is 5.37. The van der Waals surface area contributed by atoms with Gasteiger partial charge in [-0.2, -0.15) is 5.26 Å². The van der Waals surface area contributed by atoms with Crippen LogP contribution in [0.1, 0.15) is 22.2 Å². The molecule has 0 fully saturated rings. The second-order valence-electron chi connectivity index (χ2n) is 3.51. The highest BCUT2D eigenvalue weighted by Crippen LogP contribution is 2.30. The van der Waals surface area contributed by atoms with E-state index >= 15 is 0 Å². The summed E-state index contributed by atoms with van der Waals surface area (Å²) in [5.74, 6) is 0. The Kier molecular flexibility index (Phi) is 3.62. The first-order valence-corrected chi connectivity index (χ1v) is 7.04. The number of thiophene rings is 2. The molecule has 2 aromatic heterocycles. The number of nitrogens with zero attached hydrogens (tertiary/aromatic N) is 1. The number of hydrogen-bond donors (Lipinski definition) is 1. The van der Waals surface area contributed by atoms with Gasteiger partial charge in [-0.15, -0.1) is 22.7 Å². The predicted molar refractivity (Wildman–Crippen MR) is 74.6 cm³/mol. The molecule has 0 amide bonds. The molecule has 86 valence electrons. The highest BCUT2D eigenvalue weighted by atomic mass is 32.1. The van der Waals surface area contributed by atoms with Crippen molar-refractivity contribution in [1.82, 2.24) is 0 Å². The normalized spacial score (nSPS) is 12.0. The maximum Gasteiger partial charge on any atom is 0.103 e. The summed E-state index contributed by atoms with van der Waals surface area (Å²) in [6, 6.07) is 8.14. The number of nitriles is 1. The van der Waals surface area contributed by atoms with Gasteiger partial charge in [0.15, 0.2) is 0 Å². The van der Waals surface area contributed by atoms with Crippen LogP contribution in [0.4, 0.5) is 0 Å². The van der Waals surface area contributed by atoms with Crippen LogP contribution in [0.25, 0.3) is 11.3 Å². The first-order valence-electron chi connectivity index (χ1n) is 5.28. The van der Waals surface area contributed by atoms with Gasteiger partial charge in [0.05, 0.1) is 16.1 Å². The molecule has 0 radical (unpaired) electrons. The van der Waals surface area contributed by atoms with Crippen molar-refractivity contribution in [3.63, 3.8) is 0 Å². The summed E-state index contributed by atoms with van der Waals surface area (Å²) >= 11 is 3.13. The highest BCUT2D eigenvalue weighted by Gasteiger charge is 2.13. The van der Waals surface area contributed by atoms with E-state index in [1.54, 1.807) is 11.3 Å². The van der Waals surface area contributed by atoms with Crippen LogP contribution >= 0.6 is 22.7 Å². The van der Waals surface area contributed by atoms with E-state index in [-0.39, 0.29) is 0 Å². The predicted octanol–water partition coefficient (Wildman–Crippen LogP) is 3.72. The smallest absolute Gasteiger partial charge is 0.103 e. The molecule has 0 aliphatic rings. The van der Waals surface area contributed by atoms with E-state index in [0.29, 0.717) is 11.3 Å². The molecule has 0 spiro atoms. The van der Waals surface area contributed by atoms with Gasteiger partial charge in [-0.1, -0.05) is 13.0 Å². The lowest BCUT2D eigenvalue weighted by Crippen LogP contribution is -2.00. The summed E-state index contributed by atoms with van der Waals surface area (Å²) < 4.78 is 0. The van der Waals surface area contributed by atoms with Crippen LogP contribution in [0.5, 0.6) is 0 Å². The SMILES string of the molecule is CCc1ccsc1/C(N)=C(/C#N)c1cccs1. The average Bonchev–Trinajstić information content (AvgIpc) is 3.00. The van der Waals surface area contributed by atoms with E-state index in [2.05, 4.69) is 19.1 Å². The van der Waals surface area contributed by atoms with Crippen LogP contribution in [0, 0.1) is 11.3 Å². The van der Waals surface area contributed by atoms with Crippen molar-refractivity contribution in [3.05, 3.63) is 44.3 Å². The molecule has 2 heterocycles. The fraction of sp³-hybridized carbons (Fsp3) is 0.154. The average molecular weight is 260 g/mol. The summed E-state index contributed by atoms with van der Waals surface area (Å²) in [6.45, 7) is 2.09. The van der Waals surface area contributed by atoms with Crippen molar-refractivity contribution in [3.8, 4) is 6.07 Å². The van der Waals surface area contributed by atoms with E-state index < -0.39 is 0 Å². The number of rotatable bonds is 3. The molecule has 2 N–H and O–H groups in total. The number of aryl methyl sites for hydroxylation is 1. The van der Waals surface area contributed by atoms with Crippen LogP contribution in [0.15, 0.2) is 29.0 Å². The van der Waals surface area contributed by atoms with Gasteiger partial charge in [0.2, 0.25) is 0 Å². The first kappa shape index (κ1) is 11.9. The van der Waals surface area contributed by atoms with Crippen molar-refractivity contribution < 1.29 is 0 Å². The maximum atomic E-state index is 9.25. The van der Waals surface area contributed by atoms with E-state index in [9.17, 15) is 5.26 Å². The molecular formula is C13H12N2S2. The van der Waals surface area contributed by atoms with Crippen molar-refractivity contribution >= 4 is 33.9 Å². The summed E-state index contributed by atoms with van der Waals surface area (Å²) in [7, 11) is 0. The highest BCUT2D eigenvalue weighted by molar-refractivity contribution is 7.12. The Hall–Kier alpha value is -1.57. The van der Waals surface area contributed by atoms with Crippen molar-refractivity contribution in [2.75, 3.05) is 0 Å². The lowest BCUT2D eigenvalue weighted by Gasteiger charge is -2.04. The number of nitrogens with two attached hydrogens (primary N) is 1. The van der Waals surface area contributed by atoms with Crippen molar-refractivity contribution in [1.29, 1.82) is 5.26 Å². The fourth-order valence-electron chi connectivity index (χ4n) is 1.63. The second kappa shape index (κ2) is 5.17. The molecule has 2 aromatic rings. The van der Waals surface area contributed by atoms with Crippen LogP contribution in [-0.4, -0.2) is 0 Å². The summed E-state index contributed by atoms with van der Waals surface area (Å²) in [6.07, 6.45) is 0.933. The van der Waals surface area contributed by atoms with Crippen LogP contribution in [0.3, 0.4) is 0 Å². The minimum atomic E-state index is 0.581. The molecule has 0 saturated carbocycles. The lowest BCUT2D eigenvalue weighted by molar-refractivity contribution is 1.15. The van der Waals surface area contributed by atoms with E-state index in [1.807, 2.05) is 22.9 Å². The molecule has 4 heteroatoms. The zero-order valence-corrected chi connectivity index (χ0v) is 11.1. The Balaban J connectivity index is 2.54. The quantitative estimate of drug-likeness (QED) is 0.855. The van der Waals surface area contributed by atoms with Gasteiger partial charge in [-0.05, 0) is 34.9 Å². The third kappa shape index (κ3) is 2.26. The summed E-state index contributed by atoms with van der Waals surface area (Å²) in [4.78, 5) is 1.96. The molecular weight excluding hydrogens is 248 g/mol. The maximum absolute atomic E-state index is 9.25. The molecule has 2 nitrogen and oxygen atoms in total. The molecule has 2 rings (SSSR count). The molecule has 0 aliphatic heterocycles. The minimum Gasteiger partial charge on any atom is -0.396 e. The fourth-order valence-corrected chi connectivity index (χ4v) is 3.33. The lowest BCUT2D eigenvalue weighted by atomic mass is 10.1. The monoisotopic (exact) mass is 260 g/mol. The Morgan fingerprint density at radius 2 is 2.18 bits per heavy atom. The van der Waals surface area contributed by atoms with Crippen LogP contribution in [0.2, 0.25) is 0 Å². The van der Waals surface area contributed by atoms with Crippen LogP contribution < -0.4 is 5.73 Å². The summed E-state index contributed by atoms with van der Waals surface area (Å²) in [5, 5.41) is 13.2. The topological polar surface area (TPSA) is 49.8 Å². The molecule has 0 bridgehead atoms. The van der Waals surface area contributed by atoms with E-state index in [4.69, 9.17) is 5.73 Å². The van der Waals surface area contributed by atoms with Crippen molar-refractivity contribution in [2.24, 2.45) is 5.73 Å². The first-order chi connectivity index (χ1) is 8.27.